The van der Waals surface area contributed by atoms with Crippen LogP contribution in [0.25, 0.3) is 0 Å². The lowest BCUT2D eigenvalue weighted by Crippen LogP contribution is -2.38. The molecule has 0 bridgehead atoms. The van der Waals surface area contributed by atoms with Crippen LogP contribution in [0.3, 0.4) is 0 Å². The van der Waals surface area contributed by atoms with Crippen molar-refractivity contribution in [3.63, 3.8) is 0 Å². The summed E-state index contributed by atoms with van der Waals surface area (Å²) in [6.07, 6.45) is 0.739. The van der Waals surface area contributed by atoms with E-state index in [0.717, 1.165) is 29.0 Å². The molecule has 0 unspecified atom stereocenters. The van der Waals surface area contributed by atoms with E-state index in [9.17, 15) is 4.79 Å². The van der Waals surface area contributed by atoms with Gasteiger partial charge in [-0.15, -0.1) is 0 Å². The Hall–Kier alpha value is -2.69. The molecule has 0 aromatic heterocycles. The molecule has 5 nitrogen and oxygen atoms in total. The zero-order valence-corrected chi connectivity index (χ0v) is 14.4. The van der Waals surface area contributed by atoms with E-state index in [1.807, 2.05) is 56.3 Å². The Morgan fingerprint density at radius 2 is 1.83 bits per heavy atom. The monoisotopic (exact) mass is 328 g/mol. The first kappa shape index (κ1) is 17.7. The number of aryl methyl sites for hydroxylation is 2. The molecule has 0 atom stereocenters. The normalized spacial score (nSPS) is 10.1. The summed E-state index contributed by atoms with van der Waals surface area (Å²) in [5.74, 6) is 1.56. The van der Waals surface area contributed by atoms with Crippen molar-refractivity contribution in [2.24, 2.45) is 0 Å². The van der Waals surface area contributed by atoms with Gasteiger partial charge in [0.25, 0.3) is 0 Å². The Morgan fingerprint density at radius 1 is 1.00 bits per heavy atom. The number of benzene rings is 2. The van der Waals surface area contributed by atoms with E-state index < -0.39 is 0 Å². The highest BCUT2D eigenvalue weighted by Gasteiger charge is 2.02. The number of nitrogens with one attached hydrogen (secondary N) is 2. The highest BCUT2D eigenvalue weighted by molar-refractivity contribution is 5.73. The average molecular weight is 328 g/mol. The summed E-state index contributed by atoms with van der Waals surface area (Å²) in [5, 5.41) is 5.48. The summed E-state index contributed by atoms with van der Waals surface area (Å²) in [6.45, 7) is 4.75. The maximum Gasteiger partial charge on any atom is 0.317 e. The van der Waals surface area contributed by atoms with Crippen LogP contribution >= 0.6 is 0 Å². The van der Waals surface area contributed by atoms with Crippen molar-refractivity contribution in [3.8, 4) is 11.5 Å². The minimum absolute atomic E-state index is 0.132. The van der Waals surface area contributed by atoms with Gasteiger partial charge < -0.3 is 20.1 Å². The standard InChI is InChI=1S/C19H24N2O3/c1-14-7-8-18(11-15(14)2)24-13-21-19(22)20-10-9-16-5-4-6-17(12-16)23-3/h4-8,11-12H,9-10,13H2,1-3H3,(H2,20,21,22). The fraction of sp³-hybridized carbons (Fsp3) is 0.316. The van der Waals surface area contributed by atoms with Gasteiger partial charge in [0, 0.05) is 6.54 Å². The molecule has 0 spiro atoms. The van der Waals surface area contributed by atoms with Crippen molar-refractivity contribution in [1.29, 1.82) is 0 Å². The summed E-state index contributed by atoms with van der Waals surface area (Å²) < 4.78 is 10.7. The molecule has 2 amide bonds. The number of hydrogen-bond donors (Lipinski definition) is 2. The number of rotatable bonds is 7. The maximum atomic E-state index is 11.7. The van der Waals surface area contributed by atoms with Crippen LogP contribution in [0.2, 0.25) is 0 Å². The van der Waals surface area contributed by atoms with Gasteiger partial charge in [-0.05, 0) is 61.2 Å². The van der Waals surface area contributed by atoms with E-state index in [2.05, 4.69) is 10.6 Å². The lowest BCUT2D eigenvalue weighted by Gasteiger charge is -2.11. The van der Waals surface area contributed by atoms with Gasteiger partial charge in [-0.3, -0.25) is 0 Å². The third kappa shape index (κ3) is 5.50. The molecular formula is C19H24N2O3. The Balaban J connectivity index is 1.67. The van der Waals surface area contributed by atoms with E-state index in [0.29, 0.717) is 6.54 Å². The number of ether oxygens (including phenoxy) is 2. The van der Waals surface area contributed by atoms with Gasteiger partial charge in [0.05, 0.1) is 7.11 Å². The Morgan fingerprint density at radius 3 is 2.58 bits per heavy atom. The van der Waals surface area contributed by atoms with E-state index in [-0.39, 0.29) is 12.8 Å². The largest absolute Gasteiger partial charge is 0.497 e. The Bertz CT molecular complexity index is 686. The molecule has 2 rings (SSSR count). The highest BCUT2D eigenvalue weighted by atomic mass is 16.5. The average Bonchev–Trinajstić information content (AvgIpc) is 2.58. The molecular weight excluding hydrogens is 304 g/mol. The van der Waals surface area contributed by atoms with Crippen LogP contribution in [0.15, 0.2) is 42.5 Å². The number of hydrogen-bond acceptors (Lipinski definition) is 3. The van der Waals surface area contributed by atoms with Crippen molar-refractivity contribution in [2.45, 2.75) is 20.3 Å². The molecule has 0 aliphatic rings. The lowest BCUT2D eigenvalue weighted by molar-refractivity contribution is 0.224. The van der Waals surface area contributed by atoms with Gasteiger partial charge in [0.2, 0.25) is 0 Å². The molecule has 0 aliphatic carbocycles. The summed E-state index contributed by atoms with van der Waals surface area (Å²) in [5.41, 5.74) is 3.49. The van der Waals surface area contributed by atoms with E-state index in [4.69, 9.17) is 9.47 Å². The topological polar surface area (TPSA) is 59.6 Å². The van der Waals surface area contributed by atoms with Crippen molar-refractivity contribution >= 4 is 6.03 Å². The first-order valence-electron chi connectivity index (χ1n) is 7.93. The van der Waals surface area contributed by atoms with Crippen molar-refractivity contribution in [2.75, 3.05) is 20.4 Å². The lowest BCUT2D eigenvalue weighted by atomic mass is 10.1. The second-order valence-corrected chi connectivity index (χ2v) is 5.57. The molecule has 0 heterocycles. The summed E-state index contributed by atoms with van der Waals surface area (Å²) in [6, 6.07) is 13.4. The van der Waals surface area contributed by atoms with Crippen LogP contribution < -0.4 is 20.1 Å². The fourth-order valence-electron chi connectivity index (χ4n) is 2.20. The number of urea groups is 1. The van der Waals surface area contributed by atoms with Gasteiger partial charge in [-0.25, -0.2) is 4.79 Å². The molecule has 0 radical (unpaired) electrons. The molecule has 0 aliphatic heterocycles. The van der Waals surface area contributed by atoms with Crippen LogP contribution in [0, 0.1) is 13.8 Å². The molecule has 2 aromatic rings. The highest BCUT2D eigenvalue weighted by Crippen LogP contribution is 2.16. The molecule has 0 saturated heterocycles. The molecule has 0 fully saturated rings. The maximum absolute atomic E-state index is 11.7. The van der Waals surface area contributed by atoms with E-state index in [1.54, 1.807) is 7.11 Å². The minimum atomic E-state index is -0.248. The van der Waals surface area contributed by atoms with Crippen molar-refractivity contribution in [1.82, 2.24) is 10.6 Å². The van der Waals surface area contributed by atoms with Crippen LogP contribution in [0.4, 0.5) is 4.79 Å². The predicted octanol–water partition coefficient (Wildman–Crippen LogP) is 3.19. The molecule has 128 valence electrons. The number of methoxy groups -OCH3 is 1. The van der Waals surface area contributed by atoms with Crippen LogP contribution in [0.1, 0.15) is 16.7 Å². The number of amides is 2. The smallest absolute Gasteiger partial charge is 0.317 e. The Labute approximate surface area is 143 Å². The van der Waals surface area contributed by atoms with Crippen molar-refractivity contribution < 1.29 is 14.3 Å². The summed E-state index contributed by atoms with van der Waals surface area (Å²) in [7, 11) is 1.64. The molecule has 2 aromatic carbocycles. The second kappa shape index (κ2) is 8.82. The first-order chi connectivity index (χ1) is 11.6. The fourth-order valence-corrected chi connectivity index (χ4v) is 2.20. The minimum Gasteiger partial charge on any atom is -0.497 e. The third-order valence-electron chi connectivity index (χ3n) is 3.78. The molecule has 0 saturated carbocycles. The Kier molecular flexibility index (Phi) is 6.49. The van der Waals surface area contributed by atoms with Gasteiger partial charge >= 0.3 is 6.03 Å². The summed E-state index contributed by atoms with van der Waals surface area (Å²) in [4.78, 5) is 11.7. The second-order valence-electron chi connectivity index (χ2n) is 5.57. The molecule has 24 heavy (non-hydrogen) atoms. The zero-order chi connectivity index (χ0) is 17.4. The summed E-state index contributed by atoms with van der Waals surface area (Å²) >= 11 is 0. The first-order valence-corrected chi connectivity index (χ1v) is 7.93. The molecule has 5 heteroatoms. The SMILES string of the molecule is COc1cccc(CCNC(=O)NCOc2ccc(C)c(C)c2)c1. The van der Waals surface area contributed by atoms with Crippen molar-refractivity contribution in [3.05, 3.63) is 59.2 Å². The zero-order valence-electron chi connectivity index (χ0n) is 14.4. The van der Waals surface area contributed by atoms with Crippen LogP contribution in [-0.2, 0) is 6.42 Å². The third-order valence-corrected chi connectivity index (χ3v) is 3.78. The quantitative estimate of drug-likeness (QED) is 0.768. The van der Waals surface area contributed by atoms with E-state index in [1.165, 1.54) is 5.56 Å². The van der Waals surface area contributed by atoms with Gasteiger partial charge in [-0.1, -0.05) is 18.2 Å². The van der Waals surface area contributed by atoms with Gasteiger partial charge in [-0.2, -0.15) is 0 Å². The number of carbonyl (C=O) groups excluding carboxylic acids is 1. The van der Waals surface area contributed by atoms with Gasteiger partial charge in [0.15, 0.2) is 6.73 Å². The van der Waals surface area contributed by atoms with Crippen LogP contribution in [0.5, 0.6) is 11.5 Å². The number of carbonyl (C=O) groups is 1. The predicted molar refractivity (Wildman–Crippen MR) is 94.6 cm³/mol. The van der Waals surface area contributed by atoms with E-state index >= 15 is 0 Å². The van der Waals surface area contributed by atoms with Gasteiger partial charge in [0.1, 0.15) is 11.5 Å². The molecule has 2 N–H and O–H groups in total. The van der Waals surface area contributed by atoms with Crippen LogP contribution in [-0.4, -0.2) is 26.4 Å².